The number of anilines is 1. The molecule has 0 saturated carbocycles. The van der Waals surface area contributed by atoms with Crippen molar-refractivity contribution in [3.8, 4) is 0 Å². The summed E-state index contributed by atoms with van der Waals surface area (Å²) in [5, 5.41) is 8.65. The molecule has 9 heteroatoms. The zero-order valence-corrected chi connectivity index (χ0v) is 11.3. The Morgan fingerprint density at radius 2 is 2.10 bits per heavy atom. The minimum absolute atomic E-state index is 0.0252. The normalized spacial score (nSPS) is 11.2. The third-order valence-electron chi connectivity index (χ3n) is 2.48. The predicted molar refractivity (Wildman–Crippen MR) is 70.0 cm³/mol. The molecule has 0 amide bonds. The van der Waals surface area contributed by atoms with Gasteiger partial charge in [0.05, 0.1) is 11.8 Å². The van der Waals surface area contributed by atoms with Gasteiger partial charge in [-0.2, -0.15) is 8.42 Å². The average Bonchev–Trinajstić information content (AvgIpc) is 2.88. The molecular weight excluding hydrogens is 284 g/mol. The second-order valence-electron chi connectivity index (χ2n) is 3.89. The number of aromatic nitrogens is 3. The van der Waals surface area contributed by atoms with Crippen LogP contribution in [0, 0.1) is 0 Å². The Morgan fingerprint density at radius 1 is 1.35 bits per heavy atom. The van der Waals surface area contributed by atoms with Crippen molar-refractivity contribution in [2.75, 3.05) is 4.72 Å². The molecule has 2 aromatic rings. The number of H-pyrrole nitrogens is 1. The lowest BCUT2D eigenvalue weighted by Crippen LogP contribution is -2.14. The molecule has 0 aliphatic rings. The molecule has 0 bridgehead atoms. The van der Waals surface area contributed by atoms with E-state index in [-0.39, 0.29) is 16.4 Å². The third-order valence-corrected chi connectivity index (χ3v) is 3.74. The maximum absolute atomic E-state index is 12.0. The van der Waals surface area contributed by atoms with Crippen LogP contribution in [0.5, 0.6) is 0 Å². The molecule has 20 heavy (non-hydrogen) atoms. The Hall–Kier alpha value is -2.42. The Kier molecular flexibility index (Phi) is 3.70. The molecule has 2 aromatic heterocycles. The van der Waals surface area contributed by atoms with Gasteiger partial charge >= 0.3 is 5.97 Å². The van der Waals surface area contributed by atoms with Crippen LogP contribution in [0.4, 0.5) is 5.82 Å². The average molecular weight is 296 g/mol. The molecule has 0 aromatic carbocycles. The van der Waals surface area contributed by atoms with E-state index >= 15 is 0 Å². The van der Waals surface area contributed by atoms with Gasteiger partial charge in [-0.25, -0.2) is 14.8 Å². The third kappa shape index (κ3) is 2.94. The van der Waals surface area contributed by atoms with Crippen molar-refractivity contribution in [3.63, 3.8) is 0 Å². The summed E-state index contributed by atoms with van der Waals surface area (Å²) < 4.78 is 26.3. The van der Waals surface area contributed by atoms with Crippen LogP contribution in [0.1, 0.15) is 23.1 Å². The van der Waals surface area contributed by atoms with Crippen molar-refractivity contribution in [1.82, 2.24) is 15.0 Å². The topological polar surface area (TPSA) is 125 Å². The fourth-order valence-electron chi connectivity index (χ4n) is 1.43. The number of nitrogens with one attached hydrogen (secondary N) is 2. The van der Waals surface area contributed by atoms with E-state index in [0.717, 1.165) is 6.20 Å². The van der Waals surface area contributed by atoms with Gasteiger partial charge in [0.2, 0.25) is 0 Å². The van der Waals surface area contributed by atoms with E-state index in [2.05, 4.69) is 19.7 Å². The van der Waals surface area contributed by atoms with E-state index in [1.54, 1.807) is 0 Å². The first-order valence-electron chi connectivity index (χ1n) is 5.68. The molecule has 106 valence electrons. The molecule has 0 atom stereocenters. The summed E-state index contributed by atoms with van der Waals surface area (Å²) in [6.45, 7) is 1.84. The molecule has 2 rings (SSSR count). The van der Waals surface area contributed by atoms with Gasteiger partial charge in [0.25, 0.3) is 10.0 Å². The summed E-state index contributed by atoms with van der Waals surface area (Å²) in [7, 11) is -3.81. The number of imidazole rings is 1. The number of sulfonamides is 1. The van der Waals surface area contributed by atoms with Crippen LogP contribution in [0.15, 0.2) is 29.6 Å². The smallest absolute Gasteiger partial charge is 0.337 e. The van der Waals surface area contributed by atoms with Gasteiger partial charge in [0.15, 0.2) is 5.03 Å². The second-order valence-corrected chi connectivity index (χ2v) is 5.54. The van der Waals surface area contributed by atoms with Crippen LogP contribution in [-0.4, -0.2) is 34.4 Å². The van der Waals surface area contributed by atoms with Gasteiger partial charge in [0, 0.05) is 12.6 Å². The summed E-state index contributed by atoms with van der Waals surface area (Å²) in [5.41, 5.74) is -0.0252. The highest BCUT2D eigenvalue weighted by Crippen LogP contribution is 2.13. The van der Waals surface area contributed by atoms with Crippen LogP contribution in [0.2, 0.25) is 0 Å². The van der Waals surface area contributed by atoms with E-state index in [0.29, 0.717) is 12.2 Å². The number of aromatic amines is 1. The van der Waals surface area contributed by atoms with Crippen molar-refractivity contribution < 1.29 is 18.3 Å². The predicted octanol–water partition coefficient (Wildman–Crippen LogP) is 0.866. The van der Waals surface area contributed by atoms with E-state index in [1.807, 2.05) is 6.92 Å². The summed E-state index contributed by atoms with van der Waals surface area (Å²) >= 11 is 0. The number of rotatable bonds is 5. The summed E-state index contributed by atoms with van der Waals surface area (Å²) in [4.78, 5) is 21.0. The lowest BCUT2D eigenvalue weighted by molar-refractivity contribution is 0.0696. The van der Waals surface area contributed by atoms with Gasteiger partial charge in [-0.3, -0.25) is 4.72 Å². The Balaban J connectivity index is 2.21. The van der Waals surface area contributed by atoms with E-state index < -0.39 is 16.0 Å². The number of carboxylic acids is 1. The van der Waals surface area contributed by atoms with Crippen LogP contribution in [-0.2, 0) is 16.4 Å². The van der Waals surface area contributed by atoms with E-state index in [4.69, 9.17) is 5.11 Å². The molecule has 3 N–H and O–H groups in total. The highest BCUT2D eigenvalue weighted by Gasteiger charge is 2.17. The largest absolute Gasteiger partial charge is 0.478 e. The molecule has 0 saturated heterocycles. The Bertz CT molecular complexity index is 721. The molecule has 0 spiro atoms. The van der Waals surface area contributed by atoms with Gasteiger partial charge in [0.1, 0.15) is 11.6 Å². The van der Waals surface area contributed by atoms with Crippen LogP contribution in [0.25, 0.3) is 0 Å². The van der Waals surface area contributed by atoms with Crippen LogP contribution < -0.4 is 4.72 Å². The van der Waals surface area contributed by atoms with E-state index in [1.165, 1.54) is 18.3 Å². The summed E-state index contributed by atoms with van der Waals surface area (Å²) in [6.07, 6.45) is 2.87. The fraction of sp³-hybridized carbons (Fsp3) is 0.182. The molecule has 0 aliphatic carbocycles. The van der Waals surface area contributed by atoms with Crippen molar-refractivity contribution in [2.24, 2.45) is 0 Å². The molecule has 8 nitrogen and oxygen atoms in total. The van der Waals surface area contributed by atoms with Gasteiger partial charge in [-0.05, 0) is 12.1 Å². The van der Waals surface area contributed by atoms with Crippen molar-refractivity contribution in [2.45, 2.75) is 18.4 Å². The summed E-state index contributed by atoms with van der Waals surface area (Å²) in [6, 6.07) is 2.54. The number of hydrogen-bond acceptors (Lipinski definition) is 5. The number of hydrogen-bond donors (Lipinski definition) is 3. The van der Waals surface area contributed by atoms with Crippen LogP contribution in [0.3, 0.4) is 0 Å². The number of nitrogens with zero attached hydrogens (tertiary/aromatic N) is 2. The first kappa shape index (κ1) is 14.0. The number of carboxylic acid groups (broad SMARTS) is 1. The zero-order chi connectivity index (χ0) is 14.8. The standard InChI is InChI=1S/C11H12N4O4S/c1-2-8-13-6-10(14-8)20(18,19)15-9-4-3-7(5-12-9)11(16)17/h3-6H,2H2,1H3,(H,12,15)(H,13,14)(H,16,17). The van der Waals surface area contributed by atoms with Gasteiger partial charge in [-0.15, -0.1) is 0 Å². The lowest BCUT2D eigenvalue weighted by Gasteiger charge is -2.05. The SMILES string of the molecule is CCc1ncc(S(=O)(=O)Nc2ccc(C(=O)O)cn2)[nH]1. The quantitative estimate of drug-likeness (QED) is 0.751. The molecule has 0 radical (unpaired) electrons. The number of pyridine rings is 1. The fourth-order valence-corrected chi connectivity index (χ4v) is 2.38. The Morgan fingerprint density at radius 3 is 2.60 bits per heavy atom. The monoisotopic (exact) mass is 296 g/mol. The number of aryl methyl sites for hydroxylation is 1. The van der Waals surface area contributed by atoms with Crippen LogP contribution >= 0.6 is 0 Å². The molecule has 0 unspecified atom stereocenters. The number of carbonyl (C=O) groups is 1. The minimum Gasteiger partial charge on any atom is -0.478 e. The molecule has 0 fully saturated rings. The maximum atomic E-state index is 12.0. The maximum Gasteiger partial charge on any atom is 0.337 e. The summed E-state index contributed by atoms with van der Waals surface area (Å²) in [5.74, 6) is -0.546. The van der Waals surface area contributed by atoms with Gasteiger partial charge < -0.3 is 10.1 Å². The zero-order valence-electron chi connectivity index (χ0n) is 10.5. The van der Waals surface area contributed by atoms with Crippen molar-refractivity contribution >= 4 is 21.8 Å². The first-order valence-corrected chi connectivity index (χ1v) is 7.16. The van der Waals surface area contributed by atoms with Crippen molar-refractivity contribution in [3.05, 3.63) is 35.9 Å². The molecule has 0 aliphatic heterocycles. The second kappa shape index (κ2) is 5.29. The van der Waals surface area contributed by atoms with E-state index in [9.17, 15) is 13.2 Å². The lowest BCUT2D eigenvalue weighted by atomic mass is 10.3. The molecular formula is C11H12N4O4S. The Labute approximate surface area is 114 Å². The van der Waals surface area contributed by atoms with Gasteiger partial charge in [-0.1, -0.05) is 6.92 Å². The van der Waals surface area contributed by atoms with Crippen molar-refractivity contribution in [1.29, 1.82) is 0 Å². The highest BCUT2D eigenvalue weighted by atomic mass is 32.2. The first-order chi connectivity index (χ1) is 9.42. The highest BCUT2D eigenvalue weighted by molar-refractivity contribution is 7.92. The number of aromatic carboxylic acids is 1. The molecule has 2 heterocycles. The minimum atomic E-state index is -3.81.